The van der Waals surface area contributed by atoms with Crippen molar-refractivity contribution in [1.29, 1.82) is 0 Å². The summed E-state index contributed by atoms with van der Waals surface area (Å²) in [5.74, 6) is -0.232. The van der Waals surface area contributed by atoms with E-state index in [-0.39, 0.29) is 47.1 Å². The number of amides is 3. The second-order valence-electron chi connectivity index (χ2n) is 18.3. The van der Waals surface area contributed by atoms with Gasteiger partial charge in [0.1, 0.15) is 12.3 Å². The topological polar surface area (TPSA) is 142 Å². The fraction of sp³-hybridized carbons (Fsp3) is 0.520. The number of allylic oxidation sites excluding steroid dienone is 1. The number of ether oxygens (including phenoxy) is 1. The molecule has 14 heteroatoms. The zero-order valence-corrected chi connectivity index (χ0v) is 40.3. The first-order chi connectivity index (χ1) is 30.6. The van der Waals surface area contributed by atoms with E-state index in [0.717, 1.165) is 84.5 Å². The van der Waals surface area contributed by atoms with E-state index in [1.54, 1.807) is 17.0 Å². The van der Waals surface area contributed by atoms with Crippen molar-refractivity contribution in [2.45, 2.75) is 105 Å². The van der Waals surface area contributed by atoms with Gasteiger partial charge in [-0.3, -0.25) is 29.3 Å². The molecule has 6 rings (SSSR count). The lowest BCUT2D eigenvalue weighted by Gasteiger charge is -2.33. The second kappa shape index (κ2) is 22.7. The molecule has 3 aromatic heterocycles. The summed E-state index contributed by atoms with van der Waals surface area (Å²) in [5.41, 5.74) is 10.7. The molecule has 0 aliphatic carbocycles. The molecule has 2 fully saturated rings. The predicted molar refractivity (Wildman–Crippen MR) is 258 cm³/mol. The minimum Gasteiger partial charge on any atom is -0.375 e. The quantitative estimate of drug-likeness (QED) is 0.0585. The minimum atomic E-state index is -0.737. The van der Waals surface area contributed by atoms with Gasteiger partial charge in [0, 0.05) is 85.8 Å². The van der Waals surface area contributed by atoms with Gasteiger partial charge in [0.25, 0.3) is 5.91 Å². The van der Waals surface area contributed by atoms with Gasteiger partial charge in [-0.05, 0) is 107 Å². The molecule has 0 bridgehead atoms. The number of aldehydes is 1. The van der Waals surface area contributed by atoms with Crippen molar-refractivity contribution in [3.63, 3.8) is 0 Å². The van der Waals surface area contributed by atoms with E-state index < -0.39 is 6.04 Å². The Kier molecular flexibility index (Phi) is 17.8. The van der Waals surface area contributed by atoms with Crippen LogP contribution in [0.3, 0.4) is 0 Å². The molecule has 2 saturated heterocycles. The van der Waals surface area contributed by atoms with Gasteiger partial charge in [0.05, 0.1) is 34.2 Å². The van der Waals surface area contributed by atoms with Crippen LogP contribution in [0.25, 0.3) is 33.4 Å². The Morgan fingerprint density at radius 1 is 1.12 bits per heavy atom. The molecule has 4 aromatic rings. The lowest BCUT2D eigenvalue weighted by atomic mass is 9.81. The highest BCUT2D eigenvalue weighted by Gasteiger charge is 2.33. The van der Waals surface area contributed by atoms with Gasteiger partial charge in [0.15, 0.2) is 0 Å². The van der Waals surface area contributed by atoms with Gasteiger partial charge in [-0.2, -0.15) is 0 Å². The Bertz CT molecular complexity index is 2250. The number of hydrogen-bond acceptors (Lipinski definition) is 10. The summed E-state index contributed by atoms with van der Waals surface area (Å²) in [7, 11) is 5.52. The lowest BCUT2D eigenvalue weighted by molar-refractivity contribution is -0.141. The number of likely N-dealkylation sites (N-methyl/N-ethyl adjacent to an activating group) is 1. The molecule has 2 N–H and O–H groups in total. The van der Waals surface area contributed by atoms with E-state index in [1.807, 2.05) is 58.1 Å². The average molecular weight is 895 g/mol. The number of methoxy groups -OCH3 is 1. The molecule has 346 valence electrons. The lowest BCUT2D eigenvalue weighted by Crippen LogP contribution is -2.58. The molecule has 13 nitrogen and oxygen atoms in total. The predicted octanol–water partition coefficient (Wildman–Crippen LogP) is 7.66. The Labute approximate surface area is 384 Å². The summed E-state index contributed by atoms with van der Waals surface area (Å²) in [5, 5.41) is 8.84. The summed E-state index contributed by atoms with van der Waals surface area (Å²) >= 11 is 1.53. The number of aromatic nitrogens is 3. The highest BCUT2D eigenvalue weighted by molar-refractivity contribution is 7.10. The van der Waals surface area contributed by atoms with Crippen molar-refractivity contribution in [3.8, 4) is 22.5 Å². The van der Waals surface area contributed by atoms with Gasteiger partial charge in [-0.15, -0.1) is 17.9 Å². The highest BCUT2D eigenvalue weighted by Crippen LogP contribution is 2.42. The fourth-order valence-corrected chi connectivity index (χ4v) is 9.84. The van der Waals surface area contributed by atoms with Crippen molar-refractivity contribution in [2.24, 2.45) is 17.3 Å². The maximum Gasteiger partial charge on any atom is 0.259 e. The van der Waals surface area contributed by atoms with Gasteiger partial charge < -0.3 is 24.3 Å². The summed E-state index contributed by atoms with van der Waals surface area (Å²) in [6.07, 6.45) is 10.7. The molecule has 3 amide bonds. The molecule has 2 aliphatic heterocycles. The molecule has 5 heterocycles. The zero-order valence-electron chi connectivity index (χ0n) is 39.5. The molecule has 1 aromatic carbocycles. The van der Waals surface area contributed by atoms with Crippen LogP contribution in [0.15, 0.2) is 67.2 Å². The van der Waals surface area contributed by atoms with Crippen LogP contribution >= 0.6 is 11.3 Å². The number of likely N-dealkylation sites (tertiary alicyclic amines) is 1. The number of benzene rings is 1. The van der Waals surface area contributed by atoms with Crippen LogP contribution in [-0.4, -0.2) is 113 Å². The first-order valence-corrected chi connectivity index (χ1v) is 23.5. The molecule has 2 aliphatic rings. The standard InChI is InChI=1S/C42H59N7O3S.C8H11NO2/c1-11-19-42(6,7)25-32-31-23-29(17-18-35(31)48(12-2)39(32)30-16-15-20-43-37(30)28(5)52-10)34-26-53-36(45-34)24-33(41(51)49-22-14-13-21-44-49)46-40(50)38(27(3)4)47(8)9;1-2-8(11)9-4-3-7(5-9)6-10/h11,15-18,20,23,26-28,33,38,44H,1,12-14,19,21-22,24-25H2,2-10H3,(H,46,50);2,6-7H,1,3-5H2. The summed E-state index contributed by atoms with van der Waals surface area (Å²) in [6, 6.07) is 9.69. The first-order valence-electron chi connectivity index (χ1n) is 22.6. The fourth-order valence-electron chi connectivity index (χ4n) is 8.99. The average Bonchev–Trinajstić information content (AvgIpc) is 4.03. The number of pyridine rings is 1. The number of nitrogens with one attached hydrogen (secondary N) is 2. The van der Waals surface area contributed by atoms with Gasteiger partial charge >= 0.3 is 0 Å². The summed E-state index contributed by atoms with van der Waals surface area (Å²) < 4.78 is 8.19. The molecule has 0 radical (unpaired) electrons. The number of nitrogens with zero attached hydrogens (tertiary/aromatic N) is 6. The maximum atomic E-state index is 13.9. The normalized spacial score (nSPS) is 16.9. The highest BCUT2D eigenvalue weighted by atomic mass is 32.1. The number of thiazole rings is 1. The number of aryl methyl sites for hydroxylation is 1. The van der Waals surface area contributed by atoms with Crippen LogP contribution < -0.4 is 10.7 Å². The first kappa shape index (κ1) is 50.0. The Balaban J connectivity index is 0.000000611. The monoisotopic (exact) mass is 895 g/mol. The van der Waals surface area contributed by atoms with Crippen LogP contribution in [0, 0.1) is 17.3 Å². The van der Waals surface area contributed by atoms with Crippen molar-refractivity contribution in [2.75, 3.05) is 47.4 Å². The molecule has 0 saturated carbocycles. The number of hydrogen-bond donors (Lipinski definition) is 2. The van der Waals surface area contributed by atoms with Crippen LogP contribution in [0.4, 0.5) is 0 Å². The number of rotatable bonds is 18. The minimum absolute atomic E-state index is 0.0290. The van der Waals surface area contributed by atoms with Gasteiger partial charge in [0.2, 0.25) is 11.8 Å². The molecular formula is C50H70N8O5S. The second-order valence-corrected chi connectivity index (χ2v) is 19.2. The van der Waals surface area contributed by atoms with Crippen molar-refractivity contribution in [3.05, 3.63) is 83.5 Å². The van der Waals surface area contributed by atoms with E-state index in [0.29, 0.717) is 26.1 Å². The number of hydrazine groups is 1. The maximum absolute atomic E-state index is 13.9. The number of carbonyl (C=O) groups excluding carboxylic acids is 4. The molecule has 4 atom stereocenters. The van der Waals surface area contributed by atoms with Crippen molar-refractivity contribution in [1.82, 2.24) is 40.1 Å². The summed E-state index contributed by atoms with van der Waals surface area (Å²) in [6.45, 7) is 23.7. The van der Waals surface area contributed by atoms with Crippen LogP contribution in [0.5, 0.6) is 0 Å². The van der Waals surface area contributed by atoms with E-state index >= 15 is 0 Å². The number of fused-ring (bicyclic) bond motifs is 1. The Morgan fingerprint density at radius 2 is 1.89 bits per heavy atom. The SMILES string of the molecule is C=CC(=O)N1CCC(C=O)C1.C=CCC(C)(C)Cc1c(-c2cccnc2C(C)OC)n(CC)c2ccc(-c3csc(CC(NC(=O)C(C(C)C)N(C)C)C(=O)N4CCCCN4)n3)cc12. The van der Waals surface area contributed by atoms with Crippen molar-refractivity contribution >= 4 is 46.2 Å². The zero-order chi connectivity index (χ0) is 46.7. The largest absolute Gasteiger partial charge is 0.375 e. The van der Waals surface area contributed by atoms with Crippen LogP contribution in [-0.2, 0) is 43.3 Å². The molecule has 0 spiro atoms. The van der Waals surface area contributed by atoms with Gasteiger partial charge in [-0.1, -0.05) is 46.4 Å². The van der Waals surface area contributed by atoms with E-state index in [1.165, 1.54) is 34.1 Å². The van der Waals surface area contributed by atoms with Crippen LogP contribution in [0.2, 0.25) is 0 Å². The van der Waals surface area contributed by atoms with E-state index in [9.17, 15) is 19.2 Å². The van der Waals surface area contributed by atoms with E-state index in [4.69, 9.17) is 14.7 Å². The van der Waals surface area contributed by atoms with E-state index in [2.05, 4.69) is 78.9 Å². The third-order valence-electron chi connectivity index (χ3n) is 12.2. The number of carbonyl (C=O) groups is 4. The molecule has 4 unspecified atom stereocenters. The van der Waals surface area contributed by atoms with Crippen molar-refractivity contribution < 1.29 is 23.9 Å². The molecule has 64 heavy (non-hydrogen) atoms. The third kappa shape index (κ3) is 12.0. The van der Waals surface area contributed by atoms with Crippen LogP contribution in [0.1, 0.15) is 89.6 Å². The molecular weight excluding hydrogens is 825 g/mol. The summed E-state index contributed by atoms with van der Waals surface area (Å²) in [4.78, 5) is 62.2. The van der Waals surface area contributed by atoms with Gasteiger partial charge in [-0.25, -0.2) is 10.4 Å². The Hall–Kier alpha value is -5.02. The Morgan fingerprint density at radius 3 is 2.50 bits per heavy atom. The third-order valence-corrected chi connectivity index (χ3v) is 13.1. The smallest absolute Gasteiger partial charge is 0.259 e.